The summed E-state index contributed by atoms with van der Waals surface area (Å²) in [5, 5.41) is 26.6. The van der Waals surface area contributed by atoms with E-state index in [0.29, 0.717) is 12.0 Å². The summed E-state index contributed by atoms with van der Waals surface area (Å²) in [7, 11) is -7.96. The molecule has 0 aliphatic carbocycles. The molecule has 0 amide bonds. The molecule has 21 heteroatoms. The highest BCUT2D eigenvalue weighted by Gasteiger charge is 2.16. The van der Waals surface area contributed by atoms with Crippen LogP contribution in [0.25, 0.3) is 0 Å². The van der Waals surface area contributed by atoms with Gasteiger partial charge in [0.05, 0.1) is 33.8 Å². The molecule has 190 valence electrons. The zero-order valence-electron chi connectivity index (χ0n) is 17.5. The molecule has 18 nitrogen and oxygen atoms in total. The lowest BCUT2D eigenvalue weighted by atomic mass is 10.3. The van der Waals surface area contributed by atoms with Crippen LogP contribution in [-0.4, -0.2) is 76.1 Å². The van der Waals surface area contributed by atoms with Crippen molar-refractivity contribution in [3.8, 4) is 0 Å². The summed E-state index contributed by atoms with van der Waals surface area (Å²) >= 11 is 0.514. The van der Waals surface area contributed by atoms with Gasteiger partial charge < -0.3 is 10.6 Å². The van der Waals surface area contributed by atoms with Crippen LogP contribution in [0.2, 0.25) is 0 Å². The lowest BCUT2D eigenvalue weighted by Crippen LogP contribution is -2.28. The monoisotopic (exact) mass is 550 g/mol. The van der Waals surface area contributed by atoms with Gasteiger partial charge in [-0.25, -0.2) is 23.4 Å². The molecule has 7 N–H and O–H groups in total. The van der Waals surface area contributed by atoms with Crippen molar-refractivity contribution < 1.29 is 36.0 Å². The van der Waals surface area contributed by atoms with Gasteiger partial charge in [-0.3, -0.25) is 15.0 Å². The summed E-state index contributed by atoms with van der Waals surface area (Å²) in [6.45, 7) is 0.143. The van der Waals surface area contributed by atoms with Crippen molar-refractivity contribution in [1.29, 1.82) is 0 Å². The molecule has 1 aromatic carbocycles. The molecule has 2 aromatic heterocycles. The molecule has 3 rings (SSSR count). The Labute approximate surface area is 202 Å². The molecule has 0 saturated carbocycles. The number of aromatic nitrogens is 6. The summed E-state index contributed by atoms with van der Waals surface area (Å²) < 4.78 is 61.6. The van der Waals surface area contributed by atoms with Crippen molar-refractivity contribution in [3.63, 3.8) is 0 Å². The highest BCUT2D eigenvalue weighted by atomic mass is 32.2. The van der Waals surface area contributed by atoms with Crippen molar-refractivity contribution in [2.24, 2.45) is 0 Å². The minimum atomic E-state index is -4.56. The lowest BCUT2D eigenvalue weighted by Gasteiger charge is -2.13. The fraction of sp³-hybridized carbons (Fsp3) is 0.214. The number of hydrogen-bond donors (Lipinski definition) is 7. The number of benzene rings is 1. The van der Waals surface area contributed by atoms with Gasteiger partial charge in [0, 0.05) is 13.1 Å². The van der Waals surface area contributed by atoms with Gasteiger partial charge in [-0.15, -0.1) is 9.43 Å². The number of H-pyrrole nitrogens is 1. The Hall–Kier alpha value is -3.18. The summed E-state index contributed by atoms with van der Waals surface area (Å²) in [5.74, 6) is -0.0116. The van der Waals surface area contributed by atoms with E-state index < -0.39 is 25.0 Å². The SMILES string of the molecule is CS(=O)(=O)NCCNc1nc(Nc2nc[nH]n2)nc(Nc2cc(S(=O)(=O)O)ccc2SOOO)n1. The first-order valence-electron chi connectivity index (χ1n) is 9.14. The van der Waals surface area contributed by atoms with Crippen LogP contribution in [0.1, 0.15) is 0 Å². The number of nitrogens with one attached hydrogen (secondary N) is 5. The van der Waals surface area contributed by atoms with Gasteiger partial charge in [-0.05, 0) is 18.2 Å². The van der Waals surface area contributed by atoms with Gasteiger partial charge in [0.15, 0.2) is 0 Å². The van der Waals surface area contributed by atoms with Crippen LogP contribution >= 0.6 is 12.0 Å². The van der Waals surface area contributed by atoms with E-state index in [1.165, 1.54) is 12.4 Å². The Morgan fingerprint density at radius 3 is 2.37 bits per heavy atom. The summed E-state index contributed by atoms with van der Waals surface area (Å²) in [6.07, 6.45) is 2.32. The number of anilines is 5. The molecule has 0 unspecified atom stereocenters. The fourth-order valence-corrected chi connectivity index (χ4v) is 3.77. The molecule has 0 saturated heterocycles. The third kappa shape index (κ3) is 8.52. The van der Waals surface area contributed by atoms with Crippen molar-refractivity contribution in [3.05, 3.63) is 24.5 Å². The molecule has 0 aliphatic rings. The quantitative estimate of drug-likeness (QED) is 0.0490. The Kier molecular flexibility index (Phi) is 8.68. The smallest absolute Gasteiger partial charge is 0.294 e. The topological polar surface area (TPSA) is 256 Å². The Morgan fingerprint density at radius 2 is 1.74 bits per heavy atom. The van der Waals surface area contributed by atoms with Crippen LogP contribution in [0.4, 0.5) is 29.5 Å². The molecule has 2 heterocycles. The Balaban J connectivity index is 1.91. The average Bonchev–Trinajstić information content (AvgIpc) is 3.27. The number of nitrogens with zero attached hydrogens (tertiary/aromatic N) is 5. The molecule has 35 heavy (non-hydrogen) atoms. The van der Waals surface area contributed by atoms with Crippen LogP contribution in [0.3, 0.4) is 0 Å². The molecule has 0 spiro atoms. The van der Waals surface area contributed by atoms with Crippen LogP contribution in [0.5, 0.6) is 0 Å². The second-order valence-corrected chi connectivity index (χ2v) is 10.3. The average molecular weight is 551 g/mol. The summed E-state index contributed by atoms with van der Waals surface area (Å²) in [5.41, 5.74) is 0.0434. The van der Waals surface area contributed by atoms with Gasteiger partial charge >= 0.3 is 0 Å². The molecule has 0 fully saturated rings. The zero-order chi connectivity index (χ0) is 25.5. The third-order valence-corrected chi connectivity index (χ3v) is 5.94. The first-order chi connectivity index (χ1) is 16.5. The number of rotatable bonds is 13. The summed E-state index contributed by atoms with van der Waals surface area (Å²) in [4.78, 5) is 16.1. The highest BCUT2D eigenvalue weighted by Crippen LogP contribution is 2.32. The van der Waals surface area contributed by atoms with E-state index in [1.54, 1.807) is 0 Å². The first-order valence-corrected chi connectivity index (χ1v) is 13.2. The van der Waals surface area contributed by atoms with Gasteiger partial charge in [0.2, 0.25) is 33.8 Å². The Morgan fingerprint density at radius 1 is 1.03 bits per heavy atom. The maximum atomic E-state index is 11.6. The van der Waals surface area contributed by atoms with E-state index in [9.17, 15) is 21.4 Å². The molecule has 0 radical (unpaired) electrons. The van der Waals surface area contributed by atoms with Crippen molar-refractivity contribution >= 4 is 61.7 Å². The van der Waals surface area contributed by atoms with Gasteiger partial charge in [0.1, 0.15) is 6.33 Å². The second kappa shape index (κ2) is 11.5. The van der Waals surface area contributed by atoms with Crippen LogP contribution in [0.15, 0.2) is 34.3 Å². The van der Waals surface area contributed by atoms with Gasteiger partial charge in [0.25, 0.3) is 10.1 Å². The Bertz CT molecular complexity index is 1350. The van der Waals surface area contributed by atoms with E-state index in [1.807, 2.05) is 0 Å². The standard InChI is InChI=1S/C14H18N10O8S3/c1-34(26,27)18-5-4-15-11-20-13(23-14(21-11)22-12-16-7-17-24-12)19-9-6-8(35(28,29)30)2-3-10(9)33-32-31-25/h2-3,6-7,18,25H,4-5H2,1H3,(H,28,29,30)(H4,15,16,17,19,20,21,22,23,24). The van der Waals surface area contributed by atoms with Gasteiger partial charge in [-0.1, -0.05) is 5.04 Å². The van der Waals surface area contributed by atoms with Crippen molar-refractivity contribution in [1.82, 2.24) is 34.9 Å². The lowest BCUT2D eigenvalue weighted by molar-refractivity contribution is -0.432. The van der Waals surface area contributed by atoms with E-state index in [2.05, 4.69) is 60.2 Å². The minimum Gasteiger partial charge on any atom is -0.353 e. The minimum absolute atomic E-state index is 0.00548. The summed E-state index contributed by atoms with van der Waals surface area (Å²) in [6, 6.07) is 3.42. The predicted molar refractivity (Wildman–Crippen MR) is 121 cm³/mol. The van der Waals surface area contributed by atoms with Crippen LogP contribution < -0.4 is 20.7 Å². The maximum Gasteiger partial charge on any atom is 0.294 e. The molecular formula is C14H18N10O8S3. The van der Waals surface area contributed by atoms with E-state index in [0.717, 1.165) is 18.4 Å². The maximum absolute atomic E-state index is 11.6. The first kappa shape index (κ1) is 26.4. The normalized spacial score (nSPS) is 11.9. The van der Waals surface area contributed by atoms with E-state index in [-0.39, 0.29) is 47.5 Å². The largest absolute Gasteiger partial charge is 0.353 e. The third-order valence-electron chi connectivity index (χ3n) is 3.70. The second-order valence-electron chi connectivity index (χ2n) is 6.33. The van der Waals surface area contributed by atoms with Crippen LogP contribution in [-0.2, 0) is 29.5 Å². The van der Waals surface area contributed by atoms with Crippen molar-refractivity contribution in [2.75, 3.05) is 35.3 Å². The van der Waals surface area contributed by atoms with Gasteiger partial charge in [-0.2, -0.15) is 23.4 Å². The van der Waals surface area contributed by atoms with E-state index in [4.69, 9.17) is 5.26 Å². The number of aromatic amines is 1. The number of hydrogen-bond acceptors (Lipinski definition) is 16. The number of sulfonamides is 1. The molecular weight excluding hydrogens is 532 g/mol. The van der Waals surface area contributed by atoms with Crippen LogP contribution in [0, 0.1) is 0 Å². The zero-order valence-corrected chi connectivity index (χ0v) is 20.0. The molecule has 3 aromatic rings. The molecule has 0 aliphatic heterocycles. The van der Waals surface area contributed by atoms with E-state index >= 15 is 0 Å². The van der Waals surface area contributed by atoms with Crippen molar-refractivity contribution in [2.45, 2.75) is 9.79 Å². The predicted octanol–water partition coefficient (Wildman–Crippen LogP) is 0.113. The highest BCUT2D eigenvalue weighted by molar-refractivity contribution is 7.94. The molecule has 0 atom stereocenters. The fourth-order valence-electron chi connectivity index (χ4n) is 2.36. The molecule has 0 bridgehead atoms.